The Hall–Kier alpha value is -1.83. The van der Waals surface area contributed by atoms with Crippen LogP contribution in [0.5, 0.6) is 0 Å². The first-order valence-corrected chi connectivity index (χ1v) is 11.0. The topological polar surface area (TPSA) is 40.6 Å². The third-order valence-corrected chi connectivity index (χ3v) is 7.93. The van der Waals surface area contributed by atoms with Crippen molar-refractivity contribution >= 4 is 10.0 Å². The van der Waals surface area contributed by atoms with Crippen molar-refractivity contribution in [2.45, 2.75) is 30.7 Å². The van der Waals surface area contributed by atoms with Crippen LogP contribution in [0.2, 0.25) is 0 Å². The van der Waals surface area contributed by atoms with Crippen LogP contribution in [0.3, 0.4) is 0 Å². The van der Waals surface area contributed by atoms with E-state index in [1.54, 1.807) is 16.4 Å². The number of likely N-dealkylation sites (tertiary alicyclic amines) is 1. The molecule has 0 atom stereocenters. The lowest BCUT2D eigenvalue weighted by Crippen LogP contribution is -2.41. The van der Waals surface area contributed by atoms with Crippen LogP contribution >= 0.6 is 0 Å². The summed E-state index contributed by atoms with van der Waals surface area (Å²) in [4.78, 5) is 2.45. The monoisotopic (exact) mass is 406 g/mol. The third-order valence-electron chi connectivity index (χ3n) is 6.07. The first-order chi connectivity index (χ1) is 13.4. The lowest BCUT2D eigenvalue weighted by atomic mass is 9.78. The van der Waals surface area contributed by atoms with Crippen molar-refractivity contribution in [3.8, 4) is 0 Å². The molecule has 150 valence electrons. The summed E-state index contributed by atoms with van der Waals surface area (Å²) < 4.78 is 53.8. The molecule has 2 saturated heterocycles. The summed E-state index contributed by atoms with van der Waals surface area (Å²) in [6.07, 6.45) is 2.71. The van der Waals surface area contributed by atoms with Gasteiger partial charge >= 0.3 is 0 Å². The van der Waals surface area contributed by atoms with E-state index in [1.165, 1.54) is 30.3 Å². The van der Waals surface area contributed by atoms with Crippen LogP contribution in [0.15, 0.2) is 53.4 Å². The zero-order valence-corrected chi connectivity index (χ0v) is 16.5. The predicted octanol–water partition coefficient (Wildman–Crippen LogP) is 3.64. The molecule has 0 unspecified atom stereocenters. The molecule has 28 heavy (non-hydrogen) atoms. The average Bonchev–Trinajstić information content (AvgIpc) is 3.09. The van der Waals surface area contributed by atoms with Gasteiger partial charge in [-0.3, -0.25) is 4.90 Å². The maximum Gasteiger partial charge on any atom is 0.243 e. The largest absolute Gasteiger partial charge is 0.299 e. The molecule has 1 spiro atoms. The second-order valence-corrected chi connectivity index (χ2v) is 9.89. The van der Waals surface area contributed by atoms with Crippen molar-refractivity contribution in [3.63, 3.8) is 0 Å². The fourth-order valence-corrected chi connectivity index (χ4v) is 5.90. The van der Waals surface area contributed by atoms with Gasteiger partial charge in [-0.05, 0) is 79.7 Å². The van der Waals surface area contributed by atoms with Crippen LogP contribution in [0.25, 0.3) is 0 Å². The van der Waals surface area contributed by atoms with E-state index >= 15 is 0 Å². The van der Waals surface area contributed by atoms with E-state index in [0.29, 0.717) is 19.6 Å². The zero-order valence-electron chi connectivity index (χ0n) is 15.7. The summed E-state index contributed by atoms with van der Waals surface area (Å²) in [6.45, 7) is 3.48. The second-order valence-electron chi connectivity index (χ2n) is 7.95. The molecule has 2 aliphatic rings. The molecule has 0 aliphatic carbocycles. The number of piperidine rings is 1. The van der Waals surface area contributed by atoms with E-state index in [4.69, 9.17) is 0 Å². The number of rotatable bonds is 4. The molecular weight excluding hydrogens is 382 g/mol. The average molecular weight is 406 g/mol. The molecule has 2 heterocycles. The van der Waals surface area contributed by atoms with Crippen LogP contribution in [-0.2, 0) is 16.6 Å². The molecule has 4 nitrogen and oxygen atoms in total. The summed E-state index contributed by atoms with van der Waals surface area (Å²) >= 11 is 0. The van der Waals surface area contributed by atoms with Gasteiger partial charge in [-0.1, -0.05) is 12.1 Å². The van der Waals surface area contributed by atoms with Gasteiger partial charge in [0.2, 0.25) is 10.0 Å². The van der Waals surface area contributed by atoms with Crippen molar-refractivity contribution in [2.24, 2.45) is 5.41 Å². The molecule has 0 amide bonds. The van der Waals surface area contributed by atoms with Gasteiger partial charge < -0.3 is 0 Å². The molecule has 0 saturated carbocycles. The molecule has 0 aromatic heterocycles. The van der Waals surface area contributed by atoms with E-state index in [0.717, 1.165) is 37.9 Å². The Morgan fingerprint density at radius 3 is 2.25 bits per heavy atom. The molecule has 0 N–H and O–H groups in total. The van der Waals surface area contributed by atoms with E-state index in [1.807, 2.05) is 6.07 Å². The van der Waals surface area contributed by atoms with Crippen LogP contribution in [0.4, 0.5) is 8.78 Å². The summed E-state index contributed by atoms with van der Waals surface area (Å²) in [5, 5.41) is 0. The van der Waals surface area contributed by atoms with Crippen molar-refractivity contribution in [1.29, 1.82) is 0 Å². The number of hydrogen-bond acceptors (Lipinski definition) is 3. The predicted molar refractivity (Wildman–Crippen MR) is 103 cm³/mol. The van der Waals surface area contributed by atoms with Gasteiger partial charge in [0.15, 0.2) is 0 Å². The molecule has 0 bridgehead atoms. The molecule has 2 aromatic carbocycles. The Balaban J connectivity index is 1.38. The number of benzene rings is 2. The SMILES string of the molecule is O=S(=O)(c1ccc(F)cc1)N1CCC2(CCN(Cc3cccc(F)c3)CC2)C1. The van der Waals surface area contributed by atoms with Gasteiger partial charge in [-0.25, -0.2) is 17.2 Å². The minimum absolute atomic E-state index is 0.00549. The molecule has 2 aliphatic heterocycles. The van der Waals surface area contributed by atoms with E-state index < -0.39 is 15.8 Å². The van der Waals surface area contributed by atoms with Crippen LogP contribution in [-0.4, -0.2) is 43.8 Å². The van der Waals surface area contributed by atoms with Crippen LogP contribution < -0.4 is 0 Å². The third kappa shape index (κ3) is 3.97. The molecule has 2 fully saturated rings. The highest BCUT2D eigenvalue weighted by Crippen LogP contribution is 2.42. The highest BCUT2D eigenvalue weighted by molar-refractivity contribution is 7.89. The van der Waals surface area contributed by atoms with E-state index in [2.05, 4.69) is 4.90 Å². The highest BCUT2D eigenvalue weighted by Gasteiger charge is 2.44. The first-order valence-electron chi connectivity index (χ1n) is 9.59. The van der Waals surface area contributed by atoms with Crippen molar-refractivity contribution in [1.82, 2.24) is 9.21 Å². The van der Waals surface area contributed by atoms with Gasteiger partial charge in [-0.15, -0.1) is 0 Å². The molecule has 4 rings (SSSR count). The quantitative estimate of drug-likeness (QED) is 0.778. The highest BCUT2D eigenvalue weighted by atomic mass is 32.2. The van der Waals surface area contributed by atoms with Gasteiger partial charge in [0.25, 0.3) is 0 Å². The Labute approximate surface area is 164 Å². The molecule has 0 radical (unpaired) electrons. The van der Waals surface area contributed by atoms with Crippen molar-refractivity contribution in [3.05, 3.63) is 65.7 Å². The van der Waals surface area contributed by atoms with Crippen molar-refractivity contribution in [2.75, 3.05) is 26.2 Å². The second kappa shape index (κ2) is 7.54. The fraction of sp³-hybridized carbons (Fsp3) is 0.429. The molecule has 7 heteroatoms. The van der Waals surface area contributed by atoms with Crippen molar-refractivity contribution < 1.29 is 17.2 Å². The van der Waals surface area contributed by atoms with Gasteiger partial charge in [0.1, 0.15) is 11.6 Å². The standard InChI is InChI=1S/C21H24F2N2O2S/c22-18-4-6-20(7-5-18)28(26,27)25-13-10-21(16-25)8-11-24(12-9-21)15-17-2-1-3-19(23)14-17/h1-7,14H,8-13,15-16H2. The van der Waals surface area contributed by atoms with Gasteiger partial charge in [0, 0.05) is 19.6 Å². The van der Waals surface area contributed by atoms with Crippen LogP contribution in [0.1, 0.15) is 24.8 Å². The summed E-state index contributed by atoms with van der Waals surface area (Å²) in [6, 6.07) is 11.7. The summed E-state index contributed by atoms with van der Waals surface area (Å²) in [5.41, 5.74) is 0.966. The van der Waals surface area contributed by atoms with Crippen LogP contribution in [0, 0.1) is 17.0 Å². The zero-order chi connectivity index (χ0) is 19.8. The number of hydrogen-bond donors (Lipinski definition) is 0. The number of nitrogens with zero attached hydrogens (tertiary/aromatic N) is 2. The Kier molecular flexibility index (Phi) is 5.24. The molecule has 2 aromatic rings. The number of sulfonamides is 1. The molecular formula is C21H24F2N2O2S. The smallest absolute Gasteiger partial charge is 0.243 e. The lowest BCUT2D eigenvalue weighted by molar-refractivity contribution is 0.109. The summed E-state index contributed by atoms with van der Waals surface area (Å²) in [5.74, 6) is -0.661. The minimum atomic E-state index is -3.59. The number of halogens is 2. The Morgan fingerprint density at radius 2 is 1.57 bits per heavy atom. The first kappa shape index (κ1) is 19.5. The minimum Gasteiger partial charge on any atom is -0.299 e. The summed E-state index contributed by atoms with van der Waals surface area (Å²) in [7, 11) is -3.59. The Bertz CT molecular complexity index is 939. The lowest BCUT2D eigenvalue weighted by Gasteiger charge is -2.39. The maximum atomic E-state index is 13.4. The normalized spacial score (nSPS) is 20.6. The Morgan fingerprint density at radius 1 is 0.893 bits per heavy atom. The fourth-order valence-electron chi connectivity index (χ4n) is 4.34. The van der Waals surface area contributed by atoms with E-state index in [9.17, 15) is 17.2 Å². The van der Waals surface area contributed by atoms with Gasteiger partial charge in [0.05, 0.1) is 4.90 Å². The van der Waals surface area contributed by atoms with E-state index in [-0.39, 0.29) is 16.1 Å². The van der Waals surface area contributed by atoms with Gasteiger partial charge in [-0.2, -0.15) is 4.31 Å². The maximum absolute atomic E-state index is 13.4.